The summed E-state index contributed by atoms with van der Waals surface area (Å²) in [7, 11) is 0. The molecule has 22 heavy (non-hydrogen) atoms. The van der Waals surface area contributed by atoms with Gasteiger partial charge in [-0.25, -0.2) is 4.79 Å². The maximum Gasteiger partial charge on any atom is 0.332 e. The summed E-state index contributed by atoms with van der Waals surface area (Å²) in [4.78, 5) is 23.9. The number of carbonyl (C=O) groups excluding carboxylic acids is 2. The summed E-state index contributed by atoms with van der Waals surface area (Å²) in [5, 5.41) is 4.77. The number of amides is 1. The molecule has 0 bridgehead atoms. The molecule has 4 nitrogen and oxygen atoms in total. The van der Waals surface area contributed by atoms with Crippen LogP contribution in [0.5, 0.6) is 0 Å². The van der Waals surface area contributed by atoms with E-state index in [9.17, 15) is 9.59 Å². The number of rotatable bonds is 4. The van der Waals surface area contributed by atoms with Crippen LogP contribution in [-0.4, -0.2) is 18.5 Å². The molecule has 4 heteroatoms. The van der Waals surface area contributed by atoms with Crippen LogP contribution in [0.15, 0.2) is 42.5 Å². The number of hydrogen-bond acceptors (Lipinski definition) is 3. The summed E-state index contributed by atoms with van der Waals surface area (Å²) < 4.78 is 5.12. The fraction of sp³-hybridized carbons (Fsp3) is 0.222. The van der Waals surface area contributed by atoms with E-state index in [0.29, 0.717) is 17.9 Å². The lowest BCUT2D eigenvalue weighted by Crippen LogP contribution is -2.13. The predicted molar refractivity (Wildman–Crippen MR) is 85.3 cm³/mol. The minimum Gasteiger partial charge on any atom is -0.462 e. The van der Waals surface area contributed by atoms with E-state index < -0.39 is 5.97 Å². The molecule has 1 aliphatic heterocycles. The average molecular weight is 295 g/mol. The van der Waals surface area contributed by atoms with Gasteiger partial charge in [-0.05, 0) is 29.3 Å². The zero-order chi connectivity index (χ0) is 15.5. The van der Waals surface area contributed by atoms with E-state index in [4.69, 9.17) is 4.74 Å². The van der Waals surface area contributed by atoms with Crippen molar-refractivity contribution in [3.8, 4) is 0 Å². The summed E-state index contributed by atoms with van der Waals surface area (Å²) in [5.74, 6) is -0.613. The molecule has 3 rings (SSSR count). The van der Waals surface area contributed by atoms with Crippen LogP contribution in [0.25, 0.3) is 16.5 Å². The fourth-order valence-corrected chi connectivity index (χ4v) is 2.50. The highest BCUT2D eigenvalue weighted by Crippen LogP contribution is 2.29. The Kier molecular flexibility index (Phi) is 3.92. The van der Waals surface area contributed by atoms with Crippen molar-refractivity contribution in [2.75, 3.05) is 6.61 Å². The molecule has 1 N–H and O–H groups in total. The Labute approximate surface area is 128 Å². The summed E-state index contributed by atoms with van der Waals surface area (Å²) >= 11 is 0. The highest BCUT2D eigenvalue weighted by Gasteiger charge is 2.25. The number of nitrogens with one attached hydrogen (secondary N) is 1. The molecule has 0 spiro atoms. The zero-order valence-electron chi connectivity index (χ0n) is 12.4. The first-order chi connectivity index (χ1) is 10.7. The molecular weight excluding hydrogens is 278 g/mol. The van der Waals surface area contributed by atoms with Crippen LogP contribution in [0.1, 0.15) is 35.7 Å². The second-order valence-electron chi connectivity index (χ2n) is 5.28. The van der Waals surface area contributed by atoms with E-state index >= 15 is 0 Å². The number of ether oxygens (including phenoxy) is 1. The van der Waals surface area contributed by atoms with Crippen molar-refractivity contribution in [1.29, 1.82) is 0 Å². The zero-order valence-corrected chi connectivity index (χ0v) is 12.4. The Morgan fingerprint density at radius 1 is 1.18 bits per heavy atom. The standard InChI is InChI=1S/C18H17NO3/c1-2-3-8-22-17(20)11-16-14-9-12-6-4-5-7-13(12)10-15(14)18(21)19-16/h4-7,9-11H,2-3,8H2,1H3,(H,19,21)/b16-11+. The van der Waals surface area contributed by atoms with Gasteiger partial charge >= 0.3 is 5.97 Å². The molecule has 1 heterocycles. The molecule has 0 saturated carbocycles. The Morgan fingerprint density at radius 3 is 2.55 bits per heavy atom. The molecule has 0 aliphatic carbocycles. The van der Waals surface area contributed by atoms with Gasteiger partial charge in [0.15, 0.2) is 0 Å². The molecule has 0 atom stereocenters. The Bertz CT molecular complexity index is 777. The van der Waals surface area contributed by atoms with E-state index in [-0.39, 0.29) is 5.91 Å². The number of carbonyl (C=O) groups is 2. The quantitative estimate of drug-likeness (QED) is 0.535. The number of unbranched alkanes of at least 4 members (excludes halogenated alkanes) is 1. The highest BCUT2D eigenvalue weighted by molar-refractivity contribution is 6.14. The van der Waals surface area contributed by atoms with Gasteiger partial charge in [0.25, 0.3) is 5.91 Å². The largest absolute Gasteiger partial charge is 0.462 e. The van der Waals surface area contributed by atoms with Crippen LogP contribution in [0.4, 0.5) is 0 Å². The van der Waals surface area contributed by atoms with Gasteiger partial charge in [0.05, 0.1) is 12.3 Å². The second kappa shape index (κ2) is 6.02. The monoisotopic (exact) mass is 295 g/mol. The smallest absolute Gasteiger partial charge is 0.332 e. The lowest BCUT2D eigenvalue weighted by Gasteiger charge is -2.04. The van der Waals surface area contributed by atoms with Gasteiger partial charge in [-0.1, -0.05) is 37.6 Å². The van der Waals surface area contributed by atoms with E-state index in [2.05, 4.69) is 5.32 Å². The van der Waals surface area contributed by atoms with Gasteiger partial charge in [0.1, 0.15) is 0 Å². The predicted octanol–water partition coefficient (Wildman–Crippen LogP) is 3.27. The molecule has 2 aromatic carbocycles. The summed E-state index contributed by atoms with van der Waals surface area (Å²) in [6.45, 7) is 2.43. The van der Waals surface area contributed by atoms with Gasteiger partial charge in [-0.2, -0.15) is 0 Å². The second-order valence-corrected chi connectivity index (χ2v) is 5.28. The van der Waals surface area contributed by atoms with Gasteiger partial charge in [0.2, 0.25) is 0 Å². The summed E-state index contributed by atoms with van der Waals surface area (Å²) in [6.07, 6.45) is 3.16. The van der Waals surface area contributed by atoms with Crippen LogP contribution >= 0.6 is 0 Å². The van der Waals surface area contributed by atoms with Gasteiger partial charge < -0.3 is 10.1 Å². The van der Waals surface area contributed by atoms with Crippen molar-refractivity contribution in [2.45, 2.75) is 19.8 Å². The number of benzene rings is 2. The molecule has 1 aliphatic rings. The van der Waals surface area contributed by atoms with E-state index in [1.54, 1.807) is 0 Å². The van der Waals surface area contributed by atoms with E-state index in [1.807, 2.05) is 43.3 Å². The molecule has 2 aromatic rings. The van der Waals surface area contributed by atoms with E-state index in [0.717, 1.165) is 29.2 Å². The molecule has 0 unspecified atom stereocenters. The third-order valence-electron chi connectivity index (χ3n) is 3.67. The van der Waals surface area contributed by atoms with Crippen molar-refractivity contribution >= 4 is 28.3 Å². The van der Waals surface area contributed by atoms with Gasteiger partial charge in [-0.3, -0.25) is 4.79 Å². The average Bonchev–Trinajstić information content (AvgIpc) is 2.81. The lowest BCUT2D eigenvalue weighted by atomic mass is 10.0. The topological polar surface area (TPSA) is 55.4 Å². The van der Waals surface area contributed by atoms with Gasteiger partial charge in [0, 0.05) is 17.2 Å². The van der Waals surface area contributed by atoms with Crippen molar-refractivity contribution in [3.05, 3.63) is 53.6 Å². The molecule has 0 fully saturated rings. The minimum atomic E-state index is -0.426. The molecule has 0 radical (unpaired) electrons. The van der Waals surface area contributed by atoms with Gasteiger partial charge in [-0.15, -0.1) is 0 Å². The number of esters is 1. The van der Waals surface area contributed by atoms with E-state index in [1.165, 1.54) is 6.08 Å². The number of fused-ring (bicyclic) bond motifs is 2. The molecule has 1 amide bonds. The minimum absolute atomic E-state index is 0.187. The summed E-state index contributed by atoms with van der Waals surface area (Å²) in [5.41, 5.74) is 1.84. The van der Waals surface area contributed by atoms with Crippen molar-refractivity contribution in [2.24, 2.45) is 0 Å². The first kappa shape index (κ1) is 14.3. The molecular formula is C18H17NO3. The fourth-order valence-electron chi connectivity index (χ4n) is 2.50. The first-order valence-corrected chi connectivity index (χ1v) is 7.42. The molecule has 112 valence electrons. The van der Waals surface area contributed by atoms with Crippen LogP contribution < -0.4 is 5.32 Å². The molecule has 0 aromatic heterocycles. The third-order valence-corrected chi connectivity index (χ3v) is 3.67. The number of hydrogen-bond donors (Lipinski definition) is 1. The highest BCUT2D eigenvalue weighted by atomic mass is 16.5. The molecule has 0 saturated heterocycles. The Balaban J connectivity index is 1.93. The Morgan fingerprint density at radius 2 is 1.86 bits per heavy atom. The Hall–Kier alpha value is -2.62. The van der Waals surface area contributed by atoms with Crippen molar-refractivity contribution < 1.29 is 14.3 Å². The van der Waals surface area contributed by atoms with Crippen LogP contribution in [0.2, 0.25) is 0 Å². The third kappa shape index (κ3) is 2.72. The van der Waals surface area contributed by atoms with Crippen molar-refractivity contribution in [1.82, 2.24) is 5.32 Å². The van der Waals surface area contributed by atoms with Crippen LogP contribution in [0, 0.1) is 0 Å². The maximum absolute atomic E-state index is 12.1. The first-order valence-electron chi connectivity index (χ1n) is 7.42. The van der Waals surface area contributed by atoms with Crippen LogP contribution in [-0.2, 0) is 9.53 Å². The van der Waals surface area contributed by atoms with Crippen molar-refractivity contribution in [3.63, 3.8) is 0 Å². The lowest BCUT2D eigenvalue weighted by molar-refractivity contribution is -0.137. The maximum atomic E-state index is 12.1. The van der Waals surface area contributed by atoms with Crippen LogP contribution in [0.3, 0.4) is 0 Å². The SMILES string of the molecule is CCCCOC(=O)/C=C1/NC(=O)c2cc3ccccc3cc21. The summed E-state index contributed by atoms with van der Waals surface area (Å²) in [6, 6.07) is 11.6. The normalized spacial score (nSPS) is 15.0.